The Balaban J connectivity index is 1.94. The van der Waals surface area contributed by atoms with Crippen LogP contribution in [0.3, 0.4) is 0 Å². The number of fused-ring (bicyclic) bond motifs is 1. The van der Waals surface area contributed by atoms with Gasteiger partial charge in [0.2, 0.25) is 0 Å². The summed E-state index contributed by atoms with van der Waals surface area (Å²) in [5, 5.41) is 0.733. The quantitative estimate of drug-likeness (QED) is 0.741. The van der Waals surface area contributed by atoms with Gasteiger partial charge in [-0.25, -0.2) is 0 Å². The SMILES string of the molecule is CC1CC(=O)c2ccccc2N1Sc1ccc(Cl)cc1. The van der Waals surface area contributed by atoms with Gasteiger partial charge in [0.1, 0.15) is 0 Å². The van der Waals surface area contributed by atoms with Crippen LogP contribution in [0.15, 0.2) is 53.4 Å². The topological polar surface area (TPSA) is 20.3 Å². The molecular formula is C16H14ClNOS. The molecule has 2 aromatic rings. The van der Waals surface area contributed by atoms with Gasteiger partial charge in [-0.15, -0.1) is 0 Å². The van der Waals surface area contributed by atoms with Crippen molar-refractivity contribution in [1.82, 2.24) is 0 Å². The molecular weight excluding hydrogens is 290 g/mol. The fourth-order valence-corrected chi connectivity index (χ4v) is 3.47. The smallest absolute Gasteiger partial charge is 0.167 e. The third-order valence-electron chi connectivity index (χ3n) is 3.34. The molecule has 0 bridgehead atoms. The largest absolute Gasteiger partial charge is 0.308 e. The number of hydrogen-bond acceptors (Lipinski definition) is 3. The number of carbonyl (C=O) groups excluding carboxylic acids is 1. The summed E-state index contributed by atoms with van der Waals surface area (Å²) in [7, 11) is 0. The van der Waals surface area contributed by atoms with E-state index in [9.17, 15) is 4.79 Å². The van der Waals surface area contributed by atoms with Gasteiger partial charge in [0.15, 0.2) is 5.78 Å². The van der Waals surface area contributed by atoms with Crippen LogP contribution in [0.5, 0.6) is 0 Å². The highest BCUT2D eigenvalue weighted by Gasteiger charge is 2.29. The minimum absolute atomic E-state index is 0.179. The minimum Gasteiger partial charge on any atom is -0.308 e. The van der Waals surface area contributed by atoms with Gasteiger partial charge in [-0.05, 0) is 55.3 Å². The Morgan fingerprint density at radius 1 is 1.15 bits per heavy atom. The summed E-state index contributed by atoms with van der Waals surface area (Å²) in [5.74, 6) is 0.223. The van der Waals surface area contributed by atoms with Gasteiger partial charge in [-0.2, -0.15) is 0 Å². The van der Waals surface area contributed by atoms with Crippen LogP contribution < -0.4 is 4.31 Å². The predicted molar refractivity (Wildman–Crippen MR) is 84.6 cm³/mol. The Bertz CT molecular complexity index is 641. The highest BCUT2D eigenvalue weighted by Crippen LogP contribution is 2.38. The Labute approximate surface area is 127 Å². The molecule has 2 aromatic carbocycles. The molecule has 1 aliphatic heterocycles. The molecule has 0 spiro atoms. The van der Waals surface area contributed by atoms with Crippen LogP contribution in [-0.4, -0.2) is 11.8 Å². The summed E-state index contributed by atoms with van der Waals surface area (Å²) in [6, 6.07) is 15.7. The second kappa shape index (κ2) is 5.51. The molecule has 102 valence electrons. The van der Waals surface area contributed by atoms with Gasteiger partial charge in [0.25, 0.3) is 0 Å². The highest BCUT2D eigenvalue weighted by molar-refractivity contribution is 8.00. The molecule has 0 fully saturated rings. The fourth-order valence-electron chi connectivity index (χ4n) is 2.35. The lowest BCUT2D eigenvalue weighted by molar-refractivity contribution is 0.0972. The molecule has 1 aliphatic rings. The summed E-state index contributed by atoms with van der Waals surface area (Å²) in [4.78, 5) is 13.2. The monoisotopic (exact) mass is 303 g/mol. The molecule has 0 aliphatic carbocycles. The van der Waals surface area contributed by atoms with Gasteiger partial charge in [-0.1, -0.05) is 23.7 Å². The second-order valence-corrected chi connectivity index (χ2v) is 6.35. The highest BCUT2D eigenvalue weighted by atomic mass is 35.5. The molecule has 0 aromatic heterocycles. The molecule has 1 unspecified atom stereocenters. The first-order valence-electron chi connectivity index (χ1n) is 6.50. The predicted octanol–water partition coefficient (Wildman–Crippen LogP) is 4.83. The first kappa shape index (κ1) is 13.5. The molecule has 0 radical (unpaired) electrons. The summed E-state index contributed by atoms with van der Waals surface area (Å²) in [6.45, 7) is 2.08. The van der Waals surface area contributed by atoms with Crippen molar-refractivity contribution in [3.63, 3.8) is 0 Å². The molecule has 4 heteroatoms. The molecule has 0 amide bonds. The van der Waals surface area contributed by atoms with Crippen LogP contribution in [0.2, 0.25) is 5.02 Å². The Morgan fingerprint density at radius 3 is 2.60 bits per heavy atom. The van der Waals surface area contributed by atoms with E-state index in [0.29, 0.717) is 6.42 Å². The molecule has 1 heterocycles. The van der Waals surface area contributed by atoms with E-state index in [1.807, 2.05) is 48.5 Å². The van der Waals surface area contributed by atoms with Crippen LogP contribution in [0, 0.1) is 0 Å². The normalized spacial score (nSPS) is 18.0. The molecule has 0 saturated carbocycles. The zero-order chi connectivity index (χ0) is 14.1. The number of Topliss-reactive ketones (excluding diaryl/α,β-unsaturated/α-hetero) is 1. The van der Waals surface area contributed by atoms with E-state index in [-0.39, 0.29) is 11.8 Å². The van der Waals surface area contributed by atoms with Gasteiger partial charge >= 0.3 is 0 Å². The van der Waals surface area contributed by atoms with Crippen molar-refractivity contribution < 1.29 is 4.79 Å². The van der Waals surface area contributed by atoms with E-state index < -0.39 is 0 Å². The van der Waals surface area contributed by atoms with E-state index in [2.05, 4.69) is 11.2 Å². The number of para-hydroxylation sites is 1. The number of halogens is 1. The molecule has 3 rings (SSSR count). The van der Waals surface area contributed by atoms with Crippen molar-refractivity contribution in [3.8, 4) is 0 Å². The lowest BCUT2D eigenvalue weighted by Crippen LogP contribution is -2.34. The van der Waals surface area contributed by atoms with Crippen LogP contribution in [0.1, 0.15) is 23.7 Å². The number of hydrogen-bond donors (Lipinski definition) is 0. The Kier molecular flexibility index (Phi) is 3.72. The maximum atomic E-state index is 12.1. The van der Waals surface area contributed by atoms with Crippen molar-refractivity contribution >= 4 is 35.0 Å². The standard InChI is InChI=1S/C16H14ClNOS/c1-11-10-16(19)14-4-2-3-5-15(14)18(11)20-13-8-6-12(17)7-9-13/h2-9,11H,10H2,1H3. The number of ketones is 1. The fraction of sp³-hybridized carbons (Fsp3) is 0.188. The van der Waals surface area contributed by atoms with Crippen molar-refractivity contribution in [2.45, 2.75) is 24.3 Å². The number of carbonyl (C=O) groups is 1. The molecule has 20 heavy (non-hydrogen) atoms. The van der Waals surface area contributed by atoms with Crippen molar-refractivity contribution in [1.29, 1.82) is 0 Å². The summed E-state index contributed by atoms with van der Waals surface area (Å²) >= 11 is 7.56. The lowest BCUT2D eigenvalue weighted by atomic mass is 9.98. The Morgan fingerprint density at radius 2 is 1.85 bits per heavy atom. The molecule has 1 atom stereocenters. The zero-order valence-electron chi connectivity index (χ0n) is 11.0. The zero-order valence-corrected chi connectivity index (χ0v) is 12.6. The summed E-state index contributed by atoms with van der Waals surface area (Å²) in [5.41, 5.74) is 1.81. The average Bonchev–Trinajstić information content (AvgIpc) is 2.45. The van der Waals surface area contributed by atoms with Gasteiger partial charge in [0, 0.05) is 27.9 Å². The number of rotatable bonds is 2. The van der Waals surface area contributed by atoms with Crippen LogP contribution in [0.4, 0.5) is 5.69 Å². The van der Waals surface area contributed by atoms with Crippen LogP contribution >= 0.6 is 23.5 Å². The van der Waals surface area contributed by atoms with Crippen LogP contribution in [-0.2, 0) is 0 Å². The van der Waals surface area contributed by atoms with Gasteiger partial charge < -0.3 is 4.31 Å². The van der Waals surface area contributed by atoms with Crippen LogP contribution in [0.25, 0.3) is 0 Å². The molecule has 0 saturated heterocycles. The maximum Gasteiger partial charge on any atom is 0.167 e. The number of benzene rings is 2. The van der Waals surface area contributed by atoms with Gasteiger partial charge in [-0.3, -0.25) is 4.79 Å². The number of nitrogens with zero attached hydrogens (tertiary/aromatic N) is 1. The first-order valence-corrected chi connectivity index (χ1v) is 7.65. The van der Waals surface area contributed by atoms with Crippen molar-refractivity contribution in [2.24, 2.45) is 0 Å². The van der Waals surface area contributed by atoms with E-state index in [0.717, 1.165) is 21.2 Å². The summed E-state index contributed by atoms with van der Waals surface area (Å²) in [6.07, 6.45) is 0.553. The van der Waals surface area contributed by atoms with Gasteiger partial charge in [0.05, 0.1) is 5.69 Å². The summed E-state index contributed by atoms with van der Waals surface area (Å²) < 4.78 is 2.21. The Hall–Kier alpha value is -1.45. The van der Waals surface area contributed by atoms with E-state index >= 15 is 0 Å². The minimum atomic E-state index is 0.179. The first-order chi connectivity index (χ1) is 9.65. The molecule has 0 N–H and O–H groups in total. The molecule has 2 nitrogen and oxygen atoms in total. The maximum absolute atomic E-state index is 12.1. The van der Waals surface area contributed by atoms with Crippen molar-refractivity contribution in [3.05, 3.63) is 59.1 Å². The van der Waals surface area contributed by atoms with E-state index in [1.165, 1.54) is 0 Å². The second-order valence-electron chi connectivity index (χ2n) is 4.86. The lowest BCUT2D eigenvalue weighted by Gasteiger charge is -2.34. The third kappa shape index (κ3) is 2.56. The van der Waals surface area contributed by atoms with E-state index in [4.69, 9.17) is 11.6 Å². The van der Waals surface area contributed by atoms with E-state index in [1.54, 1.807) is 11.9 Å². The average molecular weight is 304 g/mol. The number of anilines is 1. The third-order valence-corrected chi connectivity index (χ3v) is 4.83. The van der Waals surface area contributed by atoms with Crippen molar-refractivity contribution in [2.75, 3.05) is 4.31 Å².